The highest BCUT2D eigenvalue weighted by Gasteiger charge is 2.56. The van der Waals surface area contributed by atoms with Gasteiger partial charge < -0.3 is 0 Å². The molecule has 0 aromatic carbocycles. The Morgan fingerprint density at radius 2 is 1.44 bits per heavy atom. The highest BCUT2D eigenvalue weighted by Crippen LogP contribution is 2.62. The summed E-state index contributed by atoms with van der Waals surface area (Å²) in [5, 5.41) is 2.10. The van der Waals surface area contributed by atoms with Gasteiger partial charge in [-0.15, -0.1) is 0 Å². The van der Waals surface area contributed by atoms with Crippen molar-refractivity contribution in [2.75, 3.05) is 0 Å². The van der Waals surface area contributed by atoms with Crippen LogP contribution >= 0.6 is 0 Å². The van der Waals surface area contributed by atoms with E-state index in [0.717, 1.165) is 34.8 Å². The second kappa shape index (κ2) is 11.9. The third kappa shape index (κ3) is 5.02. The average molecular weight is 477 g/mol. The van der Waals surface area contributed by atoms with Crippen molar-refractivity contribution in [3.63, 3.8) is 0 Å². The highest BCUT2D eigenvalue weighted by atomic mass is 28.3. The topological polar surface area (TPSA) is 0 Å². The zero-order valence-electron chi connectivity index (χ0n) is 22.2. The van der Waals surface area contributed by atoms with Gasteiger partial charge >= 0.3 is 0 Å². The van der Waals surface area contributed by atoms with Gasteiger partial charge in [-0.3, -0.25) is 0 Å². The van der Waals surface area contributed by atoms with Crippen molar-refractivity contribution in [1.29, 1.82) is 0 Å². The molecule has 6 atom stereocenters. The molecule has 0 amide bonds. The van der Waals surface area contributed by atoms with E-state index in [1.54, 1.807) is 18.9 Å². The smallest absolute Gasteiger partial charge is 0.0809 e. The number of hydrogen-bond donors (Lipinski definition) is 0. The van der Waals surface area contributed by atoms with Crippen LogP contribution in [0, 0.1) is 23.7 Å². The van der Waals surface area contributed by atoms with E-state index in [2.05, 4.69) is 54.7 Å². The van der Waals surface area contributed by atoms with Gasteiger partial charge in [0.15, 0.2) is 0 Å². The summed E-state index contributed by atoms with van der Waals surface area (Å²) < 4.78 is 0. The predicted molar refractivity (Wildman–Crippen MR) is 152 cm³/mol. The molecule has 5 aliphatic carbocycles. The normalized spacial score (nSPS) is 34.6. The molecule has 0 aromatic heterocycles. The average Bonchev–Trinajstić information content (AvgIpc) is 3.54. The maximum absolute atomic E-state index is 2.75. The van der Waals surface area contributed by atoms with Crippen molar-refractivity contribution < 1.29 is 0 Å². The van der Waals surface area contributed by atoms with E-state index in [9.17, 15) is 0 Å². The van der Waals surface area contributed by atoms with Gasteiger partial charge in [-0.2, -0.15) is 0 Å². The molecule has 34 heavy (non-hydrogen) atoms. The molecule has 0 spiro atoms. The van der Waals surface area contributed by atoms with Crippen LogP contribution in [0.4, 0.5) is 0 Å². The molecule has 0 N–H and O–H groups in total. The first-order valence-electron chi connectivity index (χ1n) is 15.6. The Morgan fingerprint density at radius 3 is 2.29 bits per heavy atom. The third-order valence-electron chi connectivity index (χ3n) is 10.9. The summed E-state index contributed by atoms with van der Waals surface area (Å²) in [5.41, 5.74) is 2.09. The largest absolute Gasteiger partial charge is 0.0886 e. The second-order valence-corrected chi connectivity index (χ2v) is 17.4. The van der Waals surface area contributed by atoms with E-state index in [1.807, 2.05) is 0 Å². The van der Waals surface area contributed by atoms with Gasteiger partial charge in [0, 0.05) is 0 Å². The molecule has 0 aromatic rings. The van der Waals surface area contributed by atoms with Crippen LogP contribution in [-0.2, 0) is 0 Å². The van der Waals surface area contributed by atoms with E-state index < -0.39 is 8.07 Å². The molecule has 188 valence electrons. The molecule has 5 rings (SSSR count). The first-order chi connectivity index (χ1) is 16.8. The molecule has 3 saturated carbocycles. The number of hydrogen-bond acceptors (Lipinski definition) is 0. The van der Waals surface area contributed by atoms with E-state index in [-0.39, 0.29) is 0 Å². The molecule has 0 bridgehead atoms. The first kappa shape index (κ1) is 24.9. The first-order valence-corrected chi connectivity index (χ1v) is 17.9. The summed E-state index contributed by atoms with van der Waals surface area (Å²) in [5.74, 6) is 3.50. The summed E-state index contributed by atoms with van der Waals surface area (Å²) in [6.07, 6.45) is 43.3. The van der Waals surface area contributed by atoms with Crippen LogP contribution in [0.15, 0.2) is 47.7 Å². The molecular weight excluding hydrogens is 424 g/mol. The lowest BCUT2D eigenvalue weighted by molar-refractivity contribution is 0.460. The summed E-state index contributed by atoms with van der Waals surface area (Å²) in [6, 6.07) is 1.62. The summed E-state index contributed by atoms with van der Waals surface area (Å²) in [4.78, 5) is 0. The lowest BCUT2D eigenvalue weighted by Crippen LogP contribution is -2.51. The summed E-state index contributed by atoms with van der Waals surface area (Å²) in [6.45, 7) is 2.34. The van der Waals surface area contributed by atoms with Gasteiger partial charge in [0.05, 0.1) is 8.07 Å². The Morgan fingerprint density at radius 1 is 0.676 bits per heavy atom. The Bertz CT molecular complexity index is 765. The van der Waals surface area contributed by atoms with Crippen molar-refractivity contribution in [2.24, 2.45) is 23.7 Å². The Balaban J connectivity index is 1.45. The van der Waals surface area contributed by atoms with Gasteiger partial charge in [-0.05, 0) is 54.0 Å². The van der Waals surface area contributed by atoms with Gasteiger partial charge in [0.1, 0.15) is 0 Å². The second-order valence-electron chi connectivity index (χ2n) is 12.6. The minimum atomic E-state index is -1.61. The van der Waals surface area contributed by atoms with E-state index in [1.165, 1.54) is 96.3 Å². The SMILES string of the molecule is CCCCCCCCC[Si@@](C1=CC=CC2CCCC12)(C1CCCCC1)[C@H]1CCC2C=CC=CC21. The molecular formula is C33H52Si. The molecule has 5 aliphatic rings. The van der Waals surface area contributed by atoms with E-state index in [4.69, 9.17) is 0 Å². The molecule has 3 fully saturated rings. The molecule has 0 heterocycles. The number of rotatable bonds is 11. The van der Waals surface area contributed by atoms with Crippen molar-refractivity contribution in [3.05, 3.63) is 47.7 Å². The monoisotopic (exact) mass is 476 g/mol. The molecule has 0 aliphatic heterocycles. The Labute approximate surface area is 212 Å². The maximum atomic E-state index is 2.75. The van der Waals surface area contributed by atoms with Crippen LogP contribution in [0.1, 0.15) is 116 Å². The lowest BCUT2D eigenvalue weighted by Gasteiger charge is -2.52. The van der Waals surface area contributed by atoms with Crippen LogP contribution in [-0.4, -0.2) is 8.07 Å². The van der Waals surface area contributed by atoms with Gasteiger partial charge in [0.2, 0.25) is 0 Å². The summed E-state index contributed by atoms with van der Waals surface area (Å²) in [7, 11) is -1.61. The van der Waals surface area contributed by atoms with Gasteiger partial charge in [0.25, 0.3) is 0 Å². The quantitative estimate of drug-likeness (QED) is 0.205. The van der Waals surface area contributed by atoms with Crippen LogP contribution in [0.5, 0.6) is 0 Å². The summed E-state index contributed by atoms with van der Waals surface area (Å²) >= 11 is 0. The van der Waals surface area contributed by atoms with Gasteiger partial charge in [-0.25, -0.2) is 0 Å². The van der Waals surface area contributed by atoms with Crippen LogP contribution in [0.25, 0.3) is 0 Å². The number of unbranched alkanes of at least 4 members (excludes halogenated alkanes) is 6. The van der Waals surface area contributed by atoms with Crippen molar-refractivity contribution in [1.82, 2.24) is 0 Å². The molecule has 1 heteroatoms. The fraction of sp³-hybridized carbons (Fsp3) is 0.758. The maximum Gasteiger partial charge on any atom is 0.0886 e. The Kier molecular flexibility index (Phi) is 8.73. The van der Waals surface area contributed by atoms with Crippen molar-refractivity contribution in [3.8, 4) is 0 Å². The zero-order valence-corrected chi connectivity index (χ0v) is 23.2. The minimum Gasteiger partial charge on any atom is -0.0809 e. The van der Waals surface area contributed by atoms with Crippen molar-refractivity contribution >= 4 is 8.07 Å². The molecule has 4 unspecified atom stereocenters. The standard InChI is InChI=1S/C33H52Si/c1-2-3-4-5-6-7-13-26-34(29-19-9-8-10-20-29,32-23-15-18-27-17-14-22-31(27)32)33-25-24-28-16-11-12-21-30(28)33/h11-12,15-16,18,21,23,27-31,33H,2-10,13-14,17,19-20,22,24-26H2,1H3/t27?,28?,30?,31?,33-,34-/m0/s1. The molecule has 0 nitrogen and oxygen atoms in total. The molecule has 0 radical (unpaired) electrons. The van der Waals surface area contributed by atoms with E-state index >= 15 is 0 Å². The van der Waals surface area contributed by atoms with Crippen LogP contribution in [0.3, 0.4) is 0 Å². The van der Waals surface area contributed by atoms with E-state index in [0.29, 0.717) is 0 Å². The highest BCUT2D eigenvalue weighted by molar-refractivity contribution is 6.89. The fourth-order valence-electron chi connectivity index (χ4n) is 9.37. The molecule has 0 saturated heterocycles. The number of fused-ring (bicyclic) bond motifs is 2. The van der Waals surface area contributed by atoms with Crippen LogP contribution < -0.4 is 0 Å². The lowest BCUT2D eigenvalue weighted by atomic mass is 9.91. The minimum absolute atomic E-state index is 0.846. The van der Waals surface area contributed by atoms with Crippen LogP contribution in [0.2, 0.25) is 17.1 Å². The fourth-order valence-corrected chi connectivity index (χ4v) is 17.4. The zero-order chi connectivity index (χ0) is 23.2. The predicted octanol–water partition coefficient (Wildman–Crippen LogP) is 10.5. The third-order valence-corrected chi connectivity index (χ3v) is 17.7. The van der Waals surface area contributed by atoms with Crippen molar-refractivity contribution in [2.45, 2.75) is 133 Å². The number of allylic oxidation sites excluding steroid dienone is 8. The van der Waals surface area contributed by atoms with Gasteiger partial charge in [-0.1, -0.05) is 151 Å². The Hall–Kier alpha value is -0.823.